The van der Waals surface area contributed by atoms with Crippen molar-refractivity contribution in [1.82, 2.24) is 0 Å². The number of ketones is 1. The Kier molecular flexibility index (Phi) is 3.40. The van der Waals surface area contributed by atoms with E-state index in [4.69, 9.17) is 23.2 Å². The summed E-state index contributed by atoms with van der Waals surface area (Å²) in [4.78, 5) is 11.6. The molecule has 0 aliphatic rings. The molecule has 0 heterocycles. The van der Waals surface area contributed by atoms with E-state index in [2.05, 4.69) is 0 Å². The summed E-state index contributed by atoms with van der Waals surface area (Å²) >= 11 is 11.4. The minimum Gasteiger partial charge on any atom is -0.506 e. The van der Waals surface area contributed by atoms with Crippen LogP contribution in [0.1, 0.15) is 24.2 Å². The third-order valence-electron chi connectivity index (χ3n) is 1.82. The summed E-state index contributed by atoms with van der Waals surface area (Å²) < 4.78 is 0. The summed E-state index contributed by atoms with van der Waals surface area (Å²) in [6.45, 7) is 3.49. The maximum absolute atomic E-state index is 11.6. The second-order valence-electron chi connectivity index (χ2n) is 3.30. The quantitative estimate of drug-likeness (QED) is 0.793. The normalized spacial score (nSPS) is 10.6. The number of hydrogen-bond acceptors (Lipinski definition) is 2. The Bertz CT molecular complexity index is 373. The SMILES string of the molecule is CC(C)C(=O)c1cc(Cl)cc(Cl)c1O. The van der Waals surface area contributed by atoms with Crippen molar-refractivity contribution in [2.45, 2.75) is 13.8 Å². The predicted molar refractivity (Wildman–Crippen MR) is 57.3 cm³/mol. The zero-order valence-corrected chi connectivity index (χ0v) is 9.36. The van der Waals surface area contributed by atoms with Gasteiger partial charge in [-0.1, -0.05) is 37.0 Å². The van der Waals surface area contributed by atoms with E-state index in [9.17, 15) is 9.90 Å². The Morgan fingerprint density at radius 3 is 2.43 bits per heavy atom. The molecule has 4 heteroatoms. The van der Waals surface area contributed by atoms with Gasteiger partial charge in [-0.2, -0.15) is 0 Å². The van der Waals surface area contributed by atoms with E-state index >= 15 is 0 Å². The molecule has 0 unspecified atom stereocenters. The van der Waals surface area contributed by atoms with Crippen molar-refractivity contribution in [3.05, 3.63) is 27.7 Å². The van der Waals surface area contributed by atoms with Gasteiger partial charge in [-0.25, -0.2) is 0 Å². The van der Waals surface area contributed by atoms with Crippen LogP contribution in [0, 0.1) is 5.92 Å². The lowest BCUT2D eigenvalue weighted by atomic mass is 10.0. The molecule has 14 heavy (non-hydrogen) atoms. The van der Waals surface area contributed by atoms with Gasteiger partial charge in [0.1, 0.15) is 5.75 Å². The van der Waals surface area contributed by atoms with Crippen LogP contribution < -0.4 is 0 Å². The van der Waals surface area contributed by atoms with Crippen LogP contribution in [-0.2, 0) is 0 Å². The molecule has 0 saturated carbocycles. The fraction of sp³-hybridized carbons (Fsp3) is 0.300. The number of benzene rings is 1. The fourth-order valence-electron chi connectivity index (χ4n) is 1.06. The van der Waals surface area contributed by atoms with Crippen LogP contribution in [0.2, 0.25) is 10.0 Å². The van der Waals surface area contributed by atoms with E-state index < -0.39 is 0 Å². The van der Waals surface area contributed by atoms with Gasteiger partial charge in [-0.3, -0.25) is 4.79 Å². The van der Waals surface area contributed by atoms with E-state index in [-0.39, 0.29) is 28.0 Å². The van der Waals surface area contributed by atoms with Crippen LogP contribution in [-0.4, -0.2) is 10.9 Å². The topological polar surface area (TPSA) is 37.3 Å². The number of carbonyl (C=O) groups excluding carboxylic acids is 1. The average molecular weight is 233 g/mol. The summed E-state index contributed by atoms with van der Waals surface area (Å²) in [6.07, 6.45) is 0. The first-order valence-electron chi connectivity index (χ1n) is 4.15. The molecule has 1 N–H and O–H groups in total. The van der Waals surface area contributed by atoms with Crippen molar-refractivity contribution in [3.8, 4) is 5.75 Å². The zero-order valence-electron chi connectivity index (χ0n) is 7.84. The third-order valence-corrected chi connectivity index (χ3v) is 2.32. The number of phenolic OH excluding ortho intramolecular Hbond substituents is 1. The maximum Gasteiger partial charge on any atom is 0.169 e. The Balaban J connectivity index is 3.27. The van der Waals surface area contributed by atoms with Crippen molar-refractivity contribution in [2.75, 3.05) is 0 Å². The molecule has 0 aliphatic carbocycles. The number of Topliss-reactive ketones (excluding diaryl/α,β-unsaturated/α-hetero) is 1. The molecule has 0 bridgehead atoms. The number of phenols is 1. The standard InChI is InChI=1S/C10H10Cl2O2/c1-5(2)9(13)7-3-6(11)4-8(12)10(7)14/h3-5,14H,1-2H3. The van der Waals surface area contributed by atoms with Crippen molar-refractivity contribution < 1.29 is 9.90 Å². The Morgan fingerprint density at radius 2 is 1.93 bits per heavy atom. The van der Waals surface area contributed by atoms with Crippen molar-refractivity contribution in [1.29, 1.82) is 0 Å². The molecule has 0 fully saturated rings. The second-order valence-corrected chi connectivity index (χ2v) is 4.15. The van der Waals surface area contributed by atoms with Crippen LogP contribution in [0.15, 0.2) is 12.1 Å². The Labute approximate surface area is 92.5 Å². The summed E-state index contributed by atoms with van der Waals surface area (Å²) in [5, 5.41) is 9.97. The van der Waals surface area contributed by atoms with Crippen LogP contribution >= 0.6 is 23.2 Å². The summed E-state index contributed by atoms with van der Waals surface area (Å²) in [6, 6.07) is 2.82. The van der Waals surface area contributed by atoms with Crippen molar-refractivity contribution in [2.24, 2.45) is 5.92 Å². The van der Waals surface area contributed by atoms with Crippen LogP contribution in [0.3, 0.4) is 0 Å². The molecule has 0 saturated heterocycles. The number of aromatic hydroxyl groups is 1. The third kappa shape index (κ3) is 2.20. The highest BCUT2D eigenvalue weighted by molar-refractivity contribution is 6.36. The van der Waals surface area contributed by atoms with Gasteiger partial charge in [0.2, 0.25) is 0 Å². The Morgan fingerprint density at radius 1 is 1.36 bits per heavy atom. The molecule has 0 amide bonds. The predicted octanol–water partition coefficient (Wildman–Crippen LogP) is 3.54. The number of rotatable bonds is 2. The first kappa shape index (κ1) is 11.3. The van der Waals surface area contributed by atoms with Crippen LogP contribution in [0.5, 0.6) is 5.75 Å². The molecular formula is C10H10Cl2O2. The first-order valence-corrected chi connectivity index (χ1v) is 4.91. The second kappa shape index (κ2) is 4.20. The van der Waals surface area contributed by atoms with Crippen molar-refractivity contribution >= 4 is 29.0 Å². The van der Waals surface area contributed by atoms with Gasteiger partial charge in [-0.05, 0) is 12.1 Å². The Hall–Kier alpha value is -0.730. The highest BCUT2D eigenvalue weighted by atomic mass is 35.5. The van der Waals surface area contributed by atoms with Crippen LogP contribution in [0.25, 0.3) is 0 Å². The van der Waals surface area contributed by atoms with Gasteiger partial charge in [0.15, 0.2) is 5.78 Å². The molecular weight excluding hydrogens is 223 g/mol. The van der Waals surface area contributed by atoms with Gasteiger partial charge >= 0.3 is 0 Å². The fourth-order valence-corrected chi connectivity index (χ4v) is 1.56. The van der Waals surface area contributed by atoms with E-state index in [1.165, 1.54) is 12.1 Å². The zero-order chi connectivity index (χ0) is 10.9. The first-order chi connectivity index (χ1) is 6.43. The van der Waals surface area contributed by atoms with E-state index in [1.54, 1.807) is 13.8 Å². The molecule has 1 rings (SSSR count). The number of carbonyl (C=O) groups is 1. The van der Waals surface area contributed by atoms with E-state index in [0.29, 0.717) is 5.02 Å². The molecule has 0 radical (unpaired) electrons. The minimum atomic E-state index is -0.199. The van der Waals surface area contributed by atoms with Gasteiger partial charge in [0, 0.05) is 10.9 Å². The lowest BCUT2D eigenvalue weighted by Crippen LogP contribution is -2.07. The smallest absolute Gasteiger partial charge is 0.169 e. The molecule has 1 aromatic carbocycles. The number of halogens is 2. The molecule has 0 aromatic heterocycles. The molecule has 0 aliphatic heterocycles. The molecule has 76 valence electrons. The van der Waals surface area contributed by atoms with Gasteiger partial charge < -0.3 is 5.11 Å². The summed E-state index contributed by atoms with van der Waals surface area (Å²) in [5.41, 5.74) is 0.178. The molecule has 0 spiro atoms. The van der Waals surface area contributed by atoms with Gasteiger partial charge in [0.05, 0.1) is 10.6 Å². The lowest BCUT2D eigenvalue weighted by molar-refractivity contribution is 0.0936. The molecule has 0 atom stereocenters. The molecule has 2 nitrogen and oxygen atoms in total. The van der Waals surface area contributed by atoms with Crippen molar-refractivity contribution in [3.63, 3.8) is 0 Å². The lowest BCUT2D eigenvalue weighted by Gasteiger charge is -2.08. The van der Waals surface area contributed by atoms with Crippen LogP contribution in [0.4, 0.5) is 0 Å². The summed E-state index contributed by atoms with van der Waals surface area (Å²) in [7, 11) is 0. The highest BCUT2D eigenvalue weighted by Gasteiger charge is 2.17. The maximum atomic E-state index is 11.6. The van der Waals surface area contributed by atoms with Gasteiger partial charge in [-0.15, -0.1) is 0 Å². The highest BCUT2D eigenvalue weighted by Crippen LogP contribution is 2.32. The minimum absolute atomic E-state index is 0.0986. The molecule has 1 aromatic rings. The van der Waals surface area contributed by atoms with E-state index in [0.717, 1.165) is 0 Å². The number of hydrogen-bond donors (Lipinski definition) is 1. The van der Waals surface area contributed by atoms with Gasteiger partial charge in [0.25, 0.3) is 0 Å². The average Bonchev–Trinajstić information content (AvgIpc) is 2.09. The van der Waals surface area contributed by atoms with E-state index in [1.807, 2.05) is 0 Å². The summed E-state index contributed by atoms with van der Waals surface area (Å²) in [5.74, 6) is -0.572. The largest absolute Gasteiger partial charge is 0.506 e. The monoisotopic (exact) mass is 232 g/mol.